The zero-order valence-corrected chi connectivity index (χ0v) is 12.1. The van der Waals surface area contributed by atoms with Crippen LogP contribution in [0.2, 0.25) is 0 Å². The Morgan fingerprint density at radius 2 is 1.89 bits per heavy atom. The Kier molecular flexibility index (Phi) is 4.25. The maximum atomic E-state index is 12.6. The van der Waals surface area contributed by atoms with E-state index < -0.39 is 0 Å². The Labute approximate surface area is 115 Å². The Morgan fingerprint density at radius 1 is 1.26 bits per heavy atom. The molecule has 0 aromatic heterocycles. The molecule has 0 saturated heterocycles. The molecule has 0 aliphatic heterocycles. The first-order chi connectivity index (χ1) is 9.01. The number of hydrogen-bond acceptors (Lipinski definition) is 2. The molecule has 1 aromatic rings. The van der Waals surface area contributed by atoms with Gasteiger partial charge in [-0.2, -0.15) is 0 Å². The number of aryl methyl sites for hydroxylation is 2. The highest BCUT2D eigenvalue weighted by atomic mass is 16.2. The average Bonchev–Trinajstić information content (AvgIpc) is 2.75. The second-order valence-corrected chi connectivity index (χ2v) is 5.70. The molecule has 1 saturated carbocycles. The SMILES string of the molecule is CCN(C(=O)C1CCC(N)C1)c1cc(C)cc(C)c1. The van der Waals surface area contributed by atoms with Crippen molar-refractivity contribution in [1.29, 1.82) is 0 Å². The number of benzene rings is 1. The summed E-state index contributed by atoms with van der Waals surface area (Å²) in [5.41, 5.74) is 9.34. The highest BCUT2D eigenvalue weighted by Gasteiger charge is 2.31. The molecule has 0 radical (unpaired) electrons. The number of amides is 1. The number of nitrogens with zero attached hydrogens (tertiary/aromatic N) is 1. The molecule has 2 unspecified atom stereocenters. The topological polar surface area (TPSA) is 46.3 Å². The number of hydrogen-bond donors (Lipinski definition) is 1. The normalized spacial score (nSPS) is 22.5. The van der Waals surface area contributed by atoms with Crippen LogP contribution in [-0.2, 0) is 4.79 Å². The first-order valence-corrected chi connectivity index (χ1v) is 7.16. The molecule has 3 heteroatoms. The molecule has 19 heavy (non-hydrogen) atoms. The van der Waals surface area contributed by atoms with Crippen LogP contribution < -0.4 is 10.6 Å². The van der Waals surface area contributed by atoms with Gasteiger partial charge in [-0.25, -0.2) is 0 Å². The summed E-state index contributed by atoms with van der Waals surface area (Å²) in [6, 6.07) is 6.51. The van der Waals surface area contributed by atoms with Crippen molar-refractivity contribution in [3.63, 3.8) is 0 Å². The minimum atomic E-state index is 0.107. The zero-order chi connectivity index (χ0) is 14.0. The van der Waals surface area contributed by atoms with Crippen LogP contribution in [0, 0.1) is 19.8 Å². The van der Waals surface area contributed by atoms with Crippen molar-refractivity contribution in [2.45, 2.75) is 46.1 Å². The number of rotatable bonds is 3. The number of carbonyl (C=O) groups excluding carboxylic acids is 1. The molecular formula is C16H24N2O. The van der Waals surface area contributed by atoms with Crippen molar-refractivity contribution >= 4 is 11.6 Å². The van der Waals surface area contributed by atoms with Gasteiger partial charge in [0, 0.05) is 24.2 Å². The first kappa shape index (κ1) is 14.1. The van der Waals surface area contributed by atoms with E-state index in [9.17, 15) is 4.79 Å². The summed E-state index contributed by atoms with van der Waals surface area (Å²) in [4.78, 5) is 14.5. The Bertz CT molecular complexity index is 450. The van der Waals surface area contributed by atoms with Gasteiger partial charge in [0.15, 0.2) is 0 Å². The van der Waals surface area contributed by atoms with Crippen LogP contribution in [0.15, 0.2) is 18.2 Å². The molecular weight excluding hydrogens is 236 g/mol. The van der Waals surface area contributed by atoms with Crippen LogP contribution in [-0.4, -0.2) is 18.5 Å². The molecule has 2 atom stereocenters. The van der Waals surface area contributed by atoms with Gasteiger partial charge in [-0.3, -0.25) is 4.79 Å². The van der Waals surface area contributed by atoms with E-state index >= 15 is 0 Å². The van der Waals surface area contributed by atoms with E-state index in [1.54, 1.807) is 0 Å². The summed E-state index contributed by atoms with van der Waals surface area (Å²) in [6.45, 7) is 6.89. The molecule has 0 bridgehead atoms. The van der Waals surface area contributed by atoms with Crippen molar-refractivity contribution < 1.29 is 4.79 Å². The van der Waals surface area contributed by atoms with E-state index in [0.29, 0.717) is 6.54 Å². The Hall–Kier alpha value is -1.35. The minimum Gasteiger partial charge on any atom is -0.328 e. The van der Waals surface area contributed by atoms with E-state index in [1.165, 1.54) is 11.1 Å². The summed E-state index contributed by atoms with van der Waals surface area (Å²) in [5.74, 6) is 0.344. The van der Waals surface area contributed by atoms with Gasteiger partial charge in [-0.05, 0) is 63.3 Å². The summed E-state index contributed by atoms with van der Waals surface area (Å²) in [7, 11) is 0. The molecule has 1 fully saturated rings. The molecule has 1 aliphatic rings. The van der Waals surface area contributed by atoms with Gasteiger partial charge in [0.25, 0.3) is 0 Å². The van der Waals surface area contributed by atoms with E-state index in [0.717, 1.165) is 24.9 Å². The molecule has 1 aromatic carbocycles. The van der Waals surface area contributed by atoms with Crippen LogP contribution in [0.1, 0.15) is 37.3 Å². The molecule has 1 amide bonds. The fraction of sp³-hybridized carbons (Fsp3) is 0.562. The zero-order valence-electron chi connectivity index (χ0n) is 12.1. The van der Waals surface area contributed by atoms with Crippen LogP contribution in [0.4, 0.5) is 5.69 Å². The largest absolute Gasteiger partial charge is 0.328 e. The maximum absolute atomic E-state index is 12.6. The standard InChI is InChI=1S/C16H24N2O/c1-4-18(15-8-11(2)7-12(3)9-15)16(19)13-5-6-14(17)10-13/h7-9,13-14H,4-6,10,17H2,1-3H3. The Morgan fingerprint density at radius 3 is 2.37 bits per heavy atom. The van der Waals surface area contributed by atoms with Gasteiger partial charge in [0.1, 0.15) is 0 Å². The summed E-state index contributed by atoms with van der Waals surface area (Å²) >= 11 is 0. The monoisotopic (exact) mass is 260 g/mol. The maximum Gasteiger partial charge on any atom is 0.230 e. The van der Waals surface area contributed by atoms with Crippen LogP contribution in [0.5, 0.6) is 0 Å². The van der Waals surface area contributed by atoms with E-state index in [2.05, 4.69) is 32.0 Å². The van der Waals surface area contributed by atoms with Crippen molar-refractivity contribution in [3.05, 3.63) is 29.3 Å². The third-order valence-corrected chi connectivity index (χ3v) is 3.92. The van der Waals surface area contributed by atoms with Crippen molar-refractivity contribution in [2.24, 2.45) is 11.7 Å². The van der Waals surface area contributed by atoms with Crippen LogP contribution >= 0.6 is 0 Å². The number of anilines is 1. The number of carbonyl (C=O) groups is 1. The summed E-state index contributed by atoms with van der Waals surface area (Å²) < 4.78 is 0. The van der Waals surface area contributed by atoms with Crippen molar-refractivity contribution in [1.82, 2.24) is 0 Å². The highest BCUT2D eigenvalue weighted by Crippen LogP contribution is 2.28. The lowest BCUT2D eigenvalue weighted by atomic mass is 10.0. The number of nitrogens with two attached hydrogens (primary N) is 1. The molecule has 2 rings (SSSR count). The second-order valence-electron chi connectivity index (χ2n) is 5.70. The van der Waals surface area contributed by atoms with Crippen molar-refractivity contribution in [2.75, 3.05) is 11.4 Å². The predicted molar refractivity (Wildman–Crippen MR) is 79.3 cm³/mol. The predicted octanol–water partition coefficient (Wildman–Crippen LogP) is 2.78. The average molecular weight is 260 g/mol. The van der Waals surface area contributed by atoms with Crippen LogP contribution in [0.3, 0.4) is 0 Å². The molecule has 0 heterocycles. The third kappa shape index (κ3) is 3.16. The molecule has 104 valence electrons. The van der Waals surface area contributed by atoms with Gasteiger partial charge in [0.2, 0.25) is 5.91 Å². The van der Waals surface area contributed by atoms with E-state index in [1.807, 2.05) is 11.8 Å². The molecule has 2 N–H and O–H groups in total. The lowest BCUT2D eigenvalue weighted by Gasteiger charge is -2.25. The lowest BCUT2D eigenvalue weighted by molar-refractivity contribution is -0.122. The van der Waals surface area contributed by atoms with E-state index in [4.69, 9.17) is 5.73 Å². The van der Waals surface area contributed by atoms with E-state index in [-0.39, 0.29) is 17.9 Å². The van der Waals surface area contributed by atoms with Crippen molar-refractivity contribution in [3.8, 4) is 0 Å². The van der Waals surface area contributed by atoms with Gasteiger partial charge in [0.05, 0.1) is 0 Å². The quantitative estimate of drug-likeness (QED) is 0.908. The minimum absolute atomic E-state index is 0.107. The van der Waals surface area contributed by atoms with Gasteiger partial charge >= 0.3 is 0 Å². The second kappa shape index (κ2) is 5.74. The van der Waals surface area contributed by atoms with Crippen LogP contribution in [0.25, 0.3) is 0 Å². The lowest BCUT2D eigenvalue weighted by Crippen LogP contribution is -2.36. The molecule has 1 aliphatic carbocycles. The Balaban J connectivity index is 2.21. The van der Waals surface area contributed by atoms with Gasteiger partial charge < -0.3 is 10.6 Å². The van der Waals surface area contributed by atoms with Gasteiger partial charge in [-0.1, -0.05) is 6.07 Å². The summed E-state index contributed by atoms with van der Waals surface area (Å²) in [6.07, 6.45) is 2.74. The molecule has 3 nitrogen and oxygen atoms in total. The van der Waals surface area contributed by atoms with Gasteiger partial charge in [-0.15, -0.1) is 0 Å². The molecule has 0 spiro atoms. The highest BCUT2D eigenvalue weighted by molar-refractivity contribution is 5.95. The smallest absolute Gasteiger partial charge is 0.230 e. The first-order valence-electron chi connectivity index (χ1n) is 7.16. The summed E-state index contributed by atoms with van der Waals surface area (Å²) in [5, 5.41) is 0. The third-order valence-electron chi connectivity index (χ3n) is 3.92. The fourth-order valence-corrected chi connectivity index (χ4v) is 3.03. The fourth-order valence-electron chi connectivity index (χ4n) is 3.03.